The van der Waals surface area contributed by atoms with Gasteiger partial charge in [0.05, 0.1) is 31.0 Å². The fraction of sp³-hybridized carbons (Fsp3) is 0.231. The van der Waals surface area contributed by atoms with Gasteiger partial charge in [-0.05, 0) is 62.2 Å². The number of hydrogen-bond donors (Lipinski definition) is 1. The third-order valence-corrected chi connectivity index (χ3v) is 7.42. The third-order valence-electron chi connectivity index (χ3n) is 5.75. The SMILES string of the molecule is CCOC(=O)c1sc(N2C(=O)C(=O)/C(=C(/O)c3ccc(OC)c(C)c3)[C@@H]2c2ccc(Br)cc2)nc1C. The van der Waals surface area contributed by atoms with Gasteiger partial charge in [-0.1, -0.05) is 39.4 Å². The number of hydrogen-bond acceptors (Lipinski definition) is 8. The number of ether oxygens (including phenoxy) is 2. The number of benzene rings is 2. The molecule has 1 N–H and O–H groups in total. The van der Waals surface area contributed by atoms with Gasteiger partial charge < -0.3 is 14.6 Å². The molecule has 0 aliphatic carbocycles. The predicted molar refractivity (Wildman–Crippen MR) is 139 cm³/mol. The summed E-state index contributed by atoms with van der Waals surface area (Å²) in [7, 11) is 1.54. The monoisotopic (exact) mass is 570 g/mol. The molecule has 0 unspecified atom stereocenters. The molecule has 2 aromatic carbocycles. The molecular weight excluding hydrogens is 548 g/mol. The fourth-order valence-electron chi connectivity index (χ4n) is 4.04. The van der Waals surface area contributed by atoms with Crippen LogP contribution in [0.3, 0.4) is 0 Å². The first-order valence-electron chi connectivity index (χ1n) is 11.0. The number of aliphatic hydroxyl groups excluding tert-OH is 1. The molecule has 1 aliphatic heterocycles. The lowest BCUT2D eigenvalue weighted by atomic mass is 9.95. The van der Waals surface area contributed by atoms with Crippen molar-refractivity contribution in [3.63, 3.8) is 0 Å². The van der Waals surface area contributed by atoms with Gasteiger partial charge in [0.25, 0.3) is 5.78 Å². The Labute approximate surface area is 220 Å². The maximum Gasteiger partial charge on any atom is 0.350 e. The second kappa shape index (κ2) is 10.2. The number of ketones is 1. The van der Waals surface area contributed by atoms with E-state index >= 15 is 0 Å². The van der Waals surface area contributed by atoms with Crippen molar-refractivity contribution in [3.8, 4) is 5.75 Å². The minimum Gasteiger partial charge on any atom is -0.507 e. The summed E-state index contributed by atoms with van der Waals surface area (Å²) >= 11 is 4.37. The van der Waals surface area contributed by atoms with Crippen LogP contribution in [0.15, 0.2) is 52.5 Å². The van der Waals surface area contributed by atoms with Crippen molar-refractivity contribution >= 4 is 55.8 Å². The van der Waals surface area contributed by atoms with Crippen molar-refractivity contribution in [1.82, 2.24) is 4.98 Å². The maximum atomic E-state index is 13.3. The van der Waals surface area contributed by atoms with Crippen LogP contribution in [-0.2, 0) is 14.3 Å². The Bertz CT molecular complexity index is 1400. The zero-order valence-electron chi connectivity index (χ0n) is 20.0. The summed E-state index contributed by atoms with van der Waals surface area (Å²) in [5, 5.41) is 11.5. The highest BCUT2D eigenvalue weighted by molar-refractivity contribution is 9.10. The number of aromatic nitrogens is 1. The van der Waals surface area contributed by atoms with Crippen molar-refractivity contribution in [3.05, 3.63) is 79.8 Å². The van der Waals surface area contributed by atoms with E-state index in [1.54, 1.807) is 63.4 Å². The molecule has 1 aromatic heterocycles. The molecule has 1 atom stereocenters. The normalized spacial score (nSPS) is 16.9. The van der Waals surface area contributed by atoms with Crippen LogP contribution in [0.4, 0.5) is 5.13 Å². The van der Waals surface area contributed by atoms with E-state index in [4.69, 9.17) is 9.47 Å². The highest BCUT2D eigenvalue weighted by Gasteiger charge is 2.48. The molecule has 186 valence electrons. The molecule has 4 rings (SSSR count). The number of carbonyl (C=O) groups is 3. The van der Waals surface area contributed by atoms with Crippen LogP contribution < -0.4 is 9.64 Å². The van der Waals surface area contributed by atoms with E-state index in [-0.39, 0.29) is 27.9 Å². The molecule has 1 amide bonds. The number of Topliss-reactive ketones (excluding diaryl/α,β-unsaturated/α-hetero) is 1. The number of nitrogens with zero attached hydrogens (tertiary/aromatic N) is 2. The molecule has 1 fully saturated rings. The van der Waals surface area contributed by atoms with E-state index in [9.17, 15) is 19.5 Å². The number of aryl methyl sites for hydroxylation is 2. The number of methoxy groups -OCH3 is 1. The predicted octanol–water partition coefficient (Wildman–Crippen LogP) is 5.33. The average molecular weight is 571 g/mol. The van der Waals surface area contributed by atoms with Crippen LogP contribution in [0, 0.1) is 13.8 Å². The summed E-state index contributed by atoms with van der Waals surface area (Å²) in [4.78, 5) is 44.9. The molecule has 8 nitrogen and oxygen atoms in total. The molecule has 10 heteroatoms. The lowest BCUT2D eigenvalue weighted by molar-refractivity contribution is -0.132. The molecule has 36 heavy (non-hydrogen) atoms. The Balaban J connectivity index is 1.91. The molecule has 1 saturated heterocycles. The largest absolute Gasteiger partial charge is 0.507 e. The fourth-order valence-corrected chi connectivity index (χ4v) is 5.29. The van der Waals surface area contributed by atoms with E-state index in [0.29, 0.717) is 22.6 Å². The van der Waals surface area contributed by atoms with Crippen LogP contribution in [0.25, 0.3) is 5.76 Å². The van der Waals surface area contributed by atoms with Crippen LogP contribution >= 0.6 is 27.3 Å². The molecule has 2 heterocycles. The summed E-state index contributed by atoms with van der Waals surface area (Å²) < 4.78 is 11.2. The first kappa shape index (κ1) is 25.6. The molecule has 0 radical (unpaired) electrons. The summed E-state index contributed by atoms with van der Waals surface area (Å²) in [5.41, 5.74) is 2.03. The molecule has 3 aromatic rings. The van der Waals surface area contributed by atoms with Gasteiger partial charge in [0.2, 0.25) is 0 Å². The van der Waals surface area contributed by atoms with Crippen molar-refractivity contribution < 1.29 is 29.0 Å². The number of amides is 1. The van der Waals surface area contributed by atoms with Gasteiger partial charge in [0.1, 0.15) is 16.4 Å². The van der Waals surface area contributed by atoms with Crippen LogP contribution in [-0.4, -0.2) is 41.5 Å². The highest BCUT2D eigenvalue weighted by atomic mass is 79.9. The number of carbonyl (C=O) groups excluding carboxylic acids is 3. The van der Waals surface area contributed by atoms with Gasteiger partial charge in [-0.15, -0.1) is 0 Å². The smallest absolute Gasteiger partial charge is 0.350 e. The van der Waals surface area contributed by atoms with E-state index in [2.05, 4.69) is 20.9 Å². The van der Waals surface area contributed by atoms with Gasteiger partial charge in [-0.2, -0.15) is 0 Å². The van der Waals surface area contributed by atoms with Crippen molar-refractivity contribution in [2.24, 2.45) is 0 Å². The summed E-state index contributed by atoms with van der Waals surface area (Å²) in [6, 6.07) is 11.1. The van der Waals surface area contributed by atoms with Crippen LogP contribution in [0.1, 0.15) is 45.0 Å². The van der Waals surface area contributed by atoms with E-state index in [0.717, 1.165) is 21.4 Å². The van der Waals surface area contributed by atoms with Crippen molar-refractivity contribution in [2.45, 2.75) is 26.8 Å². The van der Waals surface area contributed by atoms with Crippen molar-refractivity contribution in [2.75, 3.05) is 18.6 Å². The molecule has 1 aliphatic rings. The zero-order chi connectivity index (χ0) is 26.1. The highest BCUT2D eigenvalue weighted by Crippen LogP contribution is 2.44. The summed E-state index contributed by atoms with van der Waals surface area (Å²) in [5.74, 6) is -1.93. The van der Waals surface area contributed by atoms with Crippen LogP contribution in [0.2, 0.25) is 0 Å². The quantitative estimate of drug-likeness (QED) is 0.184. The second-order valence-corrected chi connectivity index (χ2v) is 9.93. The molecule has 0 spiro atoms. The second-order valence-electron chi connectivity index (χ2n) is 8.04. The summed E-state index contributed by atoms with van der Waals surface area (Å²) in [6.07, 6.45) is 0. The Morgan fingerprint density at radius 3 is 2.47 bits per heavy atom. The topological polar surface area (TPSA) is 106 Å². The Hall–Kier alpha value is -3.50. The maximum absolute atomic E-state index is 13.3. The lowest BCUT2D eigenvalue weighted by Gasteiger charge is -2.23. The van der Waals surface area contributed by atoms with Gasteiger partial charge in [-0.25, -0.2) is 9.78 Å². The van der Waals surface area contributed by atoms with Gasteiger partial charge in [0, 0.05) is 10.0 Å². The number of anilines is 1. The van der Waals surface area contributed by atoms with E-state index in [1.165, 1.54) is 4.90 Å². The standard InChI is InChI=1S/C26H23BrN2O6S/c1-5-35-25(33)23-14(3)28-26(36-23)29-20(15-6-9-17(27)10-7-15)19(22(31)24(29)32)21(30)16-8-11-18(34-4)13(2)12-16/h6-12,20,30H,5H2,1-4H3/b21-19+/t20-/m0/s1. The van der Waals surface area contributed by atoms with Crippen LogP contribution in [0.5, 0.6) is 5.75 Å². The lowest BCUT2D eigenvalue weighted by Crippen LogP contribution is -2.29. The molecular formula is C26H23BrN2O6S. The van der Waals surface area contributed by atoms with Crippen molar-refractivity contribution in [1.29, 1.82) is 0 Å². The zero-order valence-corrected chi connectivity index (χ0v) is 22.4. The average Bonchev–Trinajstić information content (AvgIpc) is 3.36. The van der Waals surface area contributed by atoms with Gasteiger partial charge in [-0.3, -0.25) is 14.5 Å². The van der Waals surface area contributed by atoms with E-state index in [1.807, 2.05) is 6.92 Å². The molecule has 0 bridgehead atoms. The number of thiazole rings is 1. The van der Waals surface area contributed by atoms with Gasteiger partial charge in [0.15, 0.2) is 5.13 Å². The Kier molecular flexibility index (Phi) is 7.28. The first-order chi connectivity index (χ1) is 17.2. The number of aliphatic hydroxyl groups is 1. The first-order valence-corrected chi connectivity index (χ1v) is 12.6. The number of rotatable bonds is 6. The van der Waals surface area contributed by atoms with E-state index < -0.39 is 23.7 Å². The third kappa shape index (κ3) is 4.54. The Morgan fingerprint density at radius 2 is 1.86 bits per heavy atom. The number of esters is 1. The molecule has 0 saturated carbocycles. The minimum absolute atomic E-state index is 0.0718. The summed E-state index contributed by atoms with van der Waals surface area (Å²) in [6.45, 7) is 5.34. The van der Waals surface area contributed by atoms with Gasteiger partial charge >= 0.3 is 11.9 Å². The Morgan fingerprint density at radius 1 is 1.17 bits per heavy atom. The number of halogens is 1. The minimum atomic E-state index is -0.957.